The molecule has 1 aromatic heterocycles. The van der Waals surface area contributed by atoms with Crippen LogP contribution in [0.2, 0.25) is 0 Å². The maximum atomic E-state index is 12.4. The number of nitrogens with zero attached hydrogens (tertiary/aromatic N) is 3. The fourth-order valence-electron chi connectivity index (χ4n) is 4.60. The van der Waals surface area contributed by atoms with Gasteiger partial charge in [-0.2, -0.15) is 0 Å². The Morgan fingerprint density at radius 2 is 1.71 bits per heavy atom. The van der Waals surface area contributed by atoms with Gasteiger partial charge in [0.25, 0.3) is 0 Å². The standard InChI is InChI=1S/C24H34N4O2S/c1-2-28-23(18-13-15-21(16-14-18)30-20-11-7-8-12-20)26-27-24(28)31-17-22(29)25-19-9-5-3-4-6-10-19/h13-16,19-20H,2-12,17H2,1H3,(H,25,29). The third-order valence-electron chi connectivity index (χ3n) is 6.30. The summed E-state index contributed by atoms with van der Waals surface area (Å²) in [6, 6.07) is 8.48. The number of hydrogen-bond donors (Lipinski definition) is 1. The number of thioether (sulfide) groups is 1. The maximum Gasteiger partial charge on any atom is 0.230 e. The van der Waals surface area contributed by atoms with Crippen LogP contribution in [0.4, 0.5) is 0 Å². The molecule has 0 bridgehead atoms. The lowest BCUT2D eigenvalue weighted by Gasteiger charge is -2.16. The van der Waals surface area contributed by atoms with Crippen molar-refractivity contribution < 1.29 is 9.53 Å². The van der Waals surface area contributed by atoms with Gasteiger partial charge in [0, 0.05) is 18.2 Å². The highest BCUT2D eigenvalue weighted by atomic mass is 32.2. The zero-order valence-corrected chi connectivity index (χ0v) is 19.3. The number of benzene rings is 1. The number of ether oxygens (including phenoxy) is 1. The quantitative estimate of drug-likeness (QED) is 0.448. The summed E-state index contributed by atoms with van der Waals surface area (Å²) in [6.45, 7) is 2.84. The largest absolute Gasteiger partial charge is 0.490 e. The van der Waals surface area contributed by atoms with E-state index in [2.05, 4.69) is 27.0 Å². The van der Waals surface area contributed by atoms with Crippen molar-refractivity contribution in [2.24, 2.45) is 0 Å². The van der Waals surface area contributed by atoms with Crippen molar-refractivity contribution in [2.45, 2.75) is 95.0 Å². The summed E-state index contributed by atoms with van der Waals surface area (Å²) >= 11 is 1.47. The Hall–Kier alpha value is -2.02. The first kappa shape index (κ1) is 22.2. The van der Waals surface area contributed by atoms with E-state index in [1.807, 2.05) is 24.3 Å². The zero-order valence-electron chi connectivity index (χ0n) is 18.5. The minimum absolute atomic E-state index is 0.0949. The average molecular weight is 443 g/mol. The number of aromatic nitrogens is 3. The van der Waals surface area contributed by atoms with Crippen LogP contribution < -0.4 is 10.1 Å². The molecule has 7 heteroatoms. The molecule has 31 heavy (non-hydrogen) atoms. The van der Waals surface area contributed by atoms with E-state index < -0.39 is 0 Å². The molecule has 1 aromatic carbocycles. The number of nitrogens with one attached hydrogen (secondary N) is 1. The third kappa shape index (κ3) is 6.03. The van der Waals surface area contributed by atoms with Gasteiger partial charge in [-0.15, -0.1) is 10.2 Å². The molecule has 2 fully saturated rings. The van der Waals surface area contributed by atoms with E-state index in [4.69, 9.17) is 4.74 Å². The SMILES string of the molecule is CCn1c(SCC(=O)NC2CCCCCC2)nnc1-c1ccc(OC2CCCC2)cc1. The minimum Gasteiger partial charge on any atom is -0.490 e. The molecule has 0 radical (unpaired) electrons. The Bertz CT molecular complexity index is 838. The molecule has 0 atom stereocenters. The van der Waals surface area contributed by atoms with E-state index in [0.717, 1.165) is 54.5 Å². The van der Waals surface area contributed by atoms with Gasteiger partial charge in [0.1, 0.15) is 5.75 Å². The monoisotopic (exact) mass is 442 g/mol. The zero-order chi connectivity index (χ0) is 21.5. The summed E-state index contributed by atoms with van der Waals surface area (Å²) in [5.74, 6) is 2.23. The van der Waals surface area contributed by atoms with Crippen molar-refractivity contribution in [1.82, 2.24) is 20.1 Å². The number of carbonyl (C=O) groups excluding carboxylic acids is 1. The highest BCUT2D eigenvalue weighted by Gasteiger charge is 2.19. The molecule has 4 rings (SSSR count). The molecule has 2 aromatic rings. The number of amides is 1. The Morgan fingerprint density at radius 1 is 1.03 bits per heavy atom. The van der Waals surface area contributed by atoms with Gasteiger partial charge in [0.15, 0.2) is 11.0 Å². The molecule has 1 N–H and O–H groups in total. The Balaban J connectivity index is 1.35. The molecule has 1 heterocycles. The first-order chi connectivity index (χ1) is 15.2. The van der Waals surface area contributed by atoms with Crippen molar-refractivity contribution in [3.8, 4) is 17.1 Å². The third-order valence-corrected chi connectivity index (χ3v) is 7.27. The molecule has 2 aliphatic carbocycles. The molecule has 2 aliphatic rings. The van der Waals surface area contributed by atoms with E-state index in [0.29, 0.717) is 17.9 Å². The van der Waals surface area contributed by atoms with Gasteiger partial charge in [0.05, 0.1) is 11.9 Å². The molecule has 6 nitrogen and oxygen atoms in total. The first-order valence-electron chi connectivity index (χ1n) is 11.9. The second-order valence-electron chi connectivity index (χ2n) is 8.64. The first-order valence-corrected chi connectivity index (χ1v) is 12.8. The Kier molecular flexibility index (Phi) is 7.89. The molecular weight excluding hydrogens is 408 g/mol. The van der Waals surface area contributed by atoms with Crippen LogP contribution in [0, 0.1) is 0 Å². The van der Waals surface area contributed by atoms with Gasteiger partial charge in [0.2, 0.25) is 5.91 Å². The lowest BCUT2D eigenvalue weighted by atomic mass is 10.1. The van der Waals surface area contributed by atoms with Gasteiger partial charge in [-0.3, -0.25) is 4.79 Å². The summed E-state index contributed by atoms with van der Waals surface area (Å²) in [6.07, 6.45) is 12.4. The van der Waals surface area contributed by atoms with Crippen molar-refractivity contribution in [3.05, 3.63) is 24.3 Å². The minimum atomic E-state index is 0.0949. The fourth-order valence-corrected chi connectivity index (χ4v) is 5.41. The van der Waals surface area contributed by atoms with Crippen molar-refractivity contribution in [3.63, 3.8) is 0 Å². The van der Waals surface area contributed by atoms with Crippen LogP contribution in [0.5, 0.6) is 5.75 Å². The van der Waals surface area contributed by atoms with Gasteiger partial charge >= 0.3 is 0 Å². The molecule has 1 amide bonds. The van der Waals surface area contributed by atoms with Crippen LogP contribution in [-0.4, -0.2) is 38.6 Å². The molecule has 0 saturated heterocycles. The number of rotatable bonds is 8. The Morgan fingerprint density at radius 3 is 2.39 bits per heavy atom. The summed E-state index contributed by atoms with van der Waals surface area (Å²) < 4.78 is 8.15. The summed E-state index contributed by atoms with van der Waals surface area (Å²) in [5.41, 5.74) is 1.02. The van der Waals surface area contributed by atoms with Crippen LogP contribution in [0.3, 0.4) is 0 Å². The predicted molar refractivity (Wildman–Crippen MR) is 124 cm³/mol. The summed E-state index contributed by atoms with van der Waals surface area (Å²) in [4.78, 5) is 12.4. The summed E-state index contributed by atoms with van der Waals surface area (Å²) in [5, 5.41) is 12.8. The van der Waals surface area contributed by atoms with Gasteiger partial charge in [-0.25, -0.2) is 0 Å². The van der Waals surface area contributed by atoms with Gasteiger partial charge < -0.3 is 14.6 Å². The van der Waals surface area contributed by atoms with Crippen LogP contribution in [-0.2, 0) is 11.3 Å². The van der Waals surface area contributed by atoms with Gasteiger partial charge in [-0.05, 0) is 69.7 Å². The lowest BCUT2D eigenvalue weighted by Crippen LogP contribution is -2.35. The van der Waals surface area contributed by atoms with E-state index in [9.17, 15) is 4.79 Å². The lowest BCUT2D eigenvalue weighted by molar-refractivity contribution is -0.119. The second kappa shape index (κ2) is 11.0. The molecule has 0 unspecified atom stereocenters. The van der Waals surface area contributed by atoms with E-state index >= 15 is 0 Å². The van der Waals surface area contributed by atoms with Crippen molar-refractivity contribution in [1.29, 1.82) is 0 Å². The fraction of sp³-hybridized carbons (Fsp3) is 0.625. The predicted octanol–water partition coefficient (Wildman–Crippen LogP) is 5.22. The molecule has 0 spiro atoms. The number of carbonyl (C=O) groups is 1. The maximum absolute atomic E-state index is 12.4. The van der Waals surface area contributed by atoms with Crippen LogP contribution in [0.1, 0.15) is 71.1 Å². The average Bonchev–Trinajstić information content (AvgIpc) is 3.37. The van der Waals surface area contributed by atoms with E-state index in [-0.39, 0.29) is 5.91 Å². The van der Waals surface area contributed by atoms with Crippen LogP contribution in [0.25, 0.3) is 11.4 Å². The number of hydrogen-bond acceptors (Lipinski definition) is 5. The molecule has 168 valence electrons. The summed E-state index contributed by atoms with van der Waals surface area (Å²) in [7, 11) is 0. The highest BCUT2D eigenvalue weighted by molar-refractivity contribution is 7.99. The normalized spacial score (nSPS) is 18.1. The molecule has 0 aliphatic heterocycles. The van der Waals surface area contributed by atoms with E-state index in [1.165, 1.54) is 50.3 Å². The van der Waals surface area contributed by atoms with Crippen molar-refractivity contribution >= 4 is 17.7 Å². The Labute approximate surface area is 189 Å². The van der Waals surface area contributed by atoms with Crippen molar-refractivity contribution in [2.75, 3.05) is 5.75 Å². The highest BCUT2D eigenvalue weighted by Crippen LogP contribution is 2.28. The van der Waals surface area contributed by atoms with E-state index in [1.54, 1.807) is 0 Å². The van der Waals surface area contributed by atoms with Gasteiger partial charge in [-0.1, -0.05) is 37.4 Å². The second-order valence-corrected chi connectivity index (χ2v) is 9.59. The molecular formula is C24H34N4O2S. The topological polar surface area (TPSA) is 69.0 Å². The van der Waals surface area contributed by atoms with Crippen LogP contribution in [0.15, 0.2) is 29.4 Å². The smallest absolute Gasteiger partial charge is 0.230 e. The molecule has 2 saturated carbocycles. The van der Waals surface area contributed by atoms with Crippen LogP contribution >= 0.6 is 11.8 Å².